The van der Waals surface area contributed by atoms with E-state index in [9.17, 15) is 14.7 Å². The SMILES string of the molecule is Cc1c(CC(=O)N2CCC(O)CC2)c(=O)oc2cc3c(cc12)C(C)CC(C)(C)N3C. The smallest absolute Gasteiger partial charge is 0.340 e. The fourth-order valence-electron chi connectivity index (χ4n) is 5.03. The molecule has 1 atom stereocenters. The Morgan fingerprint density at radius 2 is 1.93 bits per heavy atom. The monoisotopic (exact) mass is 412 g/mol. The zero-order chi connectivity index (χ0) is 21.8. The van der Waals surface area contributed by atoms with Crippen LogP contribution in [-0.4, -0.2) is 47.7 Å². The van der Waals surface area contributed by atoms with Gasteiger partial charge in [0.2, 0.25) is 5.91 Å². The molecule has 2 aliphatic rings. The second-order valence-electron chi connectivity index (χ2n) is 9.67. The van der Waals surface area contributed by atoms with Gasteiger partial charge in [-0.1, -0.05) is 6.92 Å². The number of fused-ring (bicyclic) bond motifs is 2. The van der Waals surface area contributed by atoms with Gasteiger partial charge in [-0.25, -0.2) is 4.79 Å². The Hall–Kier alpha value is -2.34. The molecule has 0 spiro atoms. The van der Waals surface area contributed by atoms with E-state index < -0.39 is 5.63 Å². The van der Waals surface area contributed by atoms with Crippen LogP contribution in [-0.2, 0) is 11.2 Å². The van der Waals surface area contributed by atoms with E-state index in [1.807, 2.05) is 13.0 Å². The van der Waals surface area contributed by atoms with E-state index >= 15 is 0 Å². The van der Waals surface area contributed by atoms with Crippen molar-refractivity contribution in [2.45, 2.75) is 70.9 Å². The van der Waals surface area contributed by atoms with Gasteiger partial charge >= 0.3 is 5.63 Å². The molecule has 1 fully saturated rings. The Labute approximate surface area is 177 Å². The van der Waals surface area contributed by atoms with Gasteiger partial charge in [-0.05, 0) is 63.1 Å². The van der Waals surface area contributed by atoms with Gasteiger partial charge in [0.25, 0.3) is 0 Å². The summed E-state index contributed by atoms with van der Waals surface area (Å²) in [5, 5.41) is 10.6. The third-order valence-corrected chi connectivity index (χ3v) is 7.19. The largest absolute Gasteiger partial charge is 0.422 e. The van der Waals surface area contributed by atoms with Gasteiger partial charge in [-0.15, -0.1) is 0 Å². The summed E-state index contributed by atoms with van der Waals surface area (Å²) < 4.78 is 5.70. The lowest BCUT2D eigenvalue weighted by molar-refractivity contribution is -0.132. The van der Waals surface area contributed by atoms with E-state index in [1.54, 1.807) is 4.90 Å². The van der Waals surface area contributed by atoms with E-state index in [0.29, 0.717) is 43.0 Å². The van der Waals surface area contributed by atoms with Crippen LogP contribution in [0.2, 0.25) is 0 Å². The molecule has 1 aromatic heterocycles. The van der Waals surface area contributed by atoms with Crippen molar-refractivity contribution < 1.29 is 14.3 Å². The van der Waals surface area contributed by atoms with Crippen LogP contribution >= 0.6 is 0 Å². The molecule has 0 saturated carbocycles. The number of nitrogens with zero attached hydrogens (tertiary/aromatic N) is 2. The van der Waals surface area contributed by atoms with Crippen molar-refractivity contribution >= 4 is 22.6 Å². The van der Waals surface area contributed by atoms with Gasteiger partial charge in [0.05, 0.1) is 18.1 Å². The number of anilines is 1. The predicted molar refractivity (Wildman–Crippen MR) is 118 cm³/mol. The normalized spacial score (nSPS) is 21.7. The summed E-state index contributed by atoms with van der Waals surface area (Å²) in [6, 6.07) is 4.12. The van der Waals surface area contributed by atoms with Crippen LogP contribution in [0.25, 0.3) is 11.0 Å². The molecule has 1 unspecified atom stereocenters. The van der Waals surface area contributed by atoms with E-state index in [-0.39, 0.29) is 24.0 Å². The van der Waals surface area contributed by atoms with Gasteiger partial charge in [0.1, 0.15) is 5.58 Å². The summed E-state index contributed by atoms with van der Waals surface area (Å²) in [7, 11) is 2.09. The number of hydrogen-bond donors (Lipinski definition) is 1. The Morgan fingerprint density at radius 3 is 2.60 bits per heavy atom. The van der Waals surface area contributed by atoms with Gasteiger partial charge in [-0.3, -0.25) is 4.79 Å². The van der Waals surface area contributed by atoms with Crippen LogP contribution in [0.4, 0.5) is 5.69 Å². The molecular formula is C24H32N2O4. The maximum absolute atomic E-state index is 12.8. The molecule has 0 bridgehead atoms. The lowest BCUT2D eigenvalue weighted by Gasteiger charge is -2.45. The molecule has 1 saturated heterocycles. The van der Waals surface area contributed by atoms with E-state index in [2.05, 4.69) is 38.8 Å². The van der Waals surface area contributed by atoms with Gasteiger partial charge in [0, 0.05) is 42.8 Å². The second-order valence-corrected chi connectivity index (χ2v) is 9.67. The molecule has 1 N–H and O–H groups in total. The highest BCUT2D eigenvalue weighted by Crippen LogP contribution is 2.44. The molecule has 3 heterocycles. The minimum absolute atomic E-state index is 0.0316. The standard InChI is InChI=1S/C24H32N2O4/c1-14-13-24(3,4)25(5)20-12-21-18(10-17(14)20)15(2)19(23(29)30-21)11-22(28)26-8-6-16(27)7-9-26/h10,12,14,16,27H,6-9,11,13H2,1-5H3. The van der Waals surface area contributed by atoms with Crippen LogP contribution in [0.3, 0.4) is 0 Å². The third-order valence-electron chi connectivity index (χ3n) is 7.19. The molecule has 4 rings (SSSR count). The first-order chi connectivity index (χ1) is 14.1. The van der Waals surface area contributed by atoms with Crippen molar-refractivity contribution in [1.29, 1.82) is 0 Å². The number of amides is 1. The average molecular weight is 413 g/mol. The Bertz CT molecular complexity index is 1050. The molecule has 162 valence electrons. The number of rotatable bonds is 2. The van der Waals surface area contributed by atoms with Crippen molar-refractivity contribution in [2.24, 2.45) is 0 Å². The summed E-state index contributed by atoms with van der Waals surface area (Å²) in [6.45, 7) is 9.67. The van der Waals surface area contributed by atoms with Crippen molar-refractivity contribution in [1.82, 2.24) is 4.90 Å². The zero-order valence-electron chi connectivity index (χ0n) is 18.6. The Morgan fingerprint density at radius 1 is 1.27 bits per heavy atom. The van der Waals surface area contributed by atoms with Crippen LogP contribution < -0.4 is 10.5 Å². The van der Waals surface area contributed by atoms with Crippen molar-refractivity contribution in [2.75, 3.05) is 25.0 Å². The summed E-state index contributed by atoms with van der Waals surface area (Å²) in [5.74, 6) is 0.316. The molecule has 6 heteroatoms. The third kappa shape index (κ3) is 3.51. The molecule has 2 aliphatic heterocycles. The lowest BCUT2D eigenvalue weighted by Crippen LogP contribution is -2.45. The van der Waals surface area contributed by atoms with Crippen LogP contribution in [0.1, 0.15) is 62.6 Å². The molecule has 0 radical (unpaired) electrons. The van der Waals surface area contributed by atoms with Gasteiger partial charge in [-0.2, -0.15) is 0 Å². The molecule has 30 heavy (non-hydrogen) atoms. The van der Waals surface area contributed by atoms with Crippen molar-refractivity contribution in [3.63, 3.8) is 0 Å². The second kappa shape index (κ2) is 7.41. The Balaban J connectivity index is 1.72. The fraction of sp³-hybridized carbons (Fsp3) is 0.583. The number of benzene rings is 1. The molecule has 0 aliphatic carbocycles. The number of aliphatic hydroxyl groups excluding tert-OH is 1. The van der Waals surface area contributed by atoms with Crippen molar-refractivity contribution in [3.05, 3.63) is 39.2 Å². The summed E-state index contributed by atoms with van der Waals surface area (Å²) in [4.78, 5) is 29.5. The molecule has 1 amide bonds. The minimum Gasteiger partial charge on any atom is -0.422 e. The van der Waals surface area contributed by atoms with E-state index in [0.717, 1.165) is 23.1 Å². The molecule has 2 aromatic rings. The van der Waals surface area contributed by atoms with Crippen LogP contribution in [0, 0.1) is 6.92 Å². The molecule has 1 aromatic carbocycles. The van der Waals surface area contributed by atoms with Crippen molar-refractivity contribution in [3.8, 4) is 0 Å². The van der Waals surface area contributed by atoms with Crippen LogP contribution in [0.5, 0.6) is 0 Å². The number of likely N-dealkylation sites (tertiary alicyclic amines) is 1. The highest BCUT2D eigenvalue weighted by molar-refractivity contribution is 5.88. The first-order valence-corrected chi connectivity index (χ1v) is 10.9. The number of aliphatic hydroxyl groups is 1. The number of piperidine rings is 1. The molecule has 6 nitrogen and oxygen atoms in total. The maximum Gasteiger partial charge on any atom is 0.340 e. The number of carbonyl (C=O) groups is 1. The van der Waals surface area contributed by atoms with Crippen LogP contribution in [0.15, 0.2) is 21.3 Å². The topological polar surface area (TPSA) is 74.0 Å². The number of hydrogen-bond acceptors (Lipinski definition) is 5. The summed E-state index contributed by atoms with van der Waals surface area (Å²) in [5.41, 5.74) is 3.79. The van der Waals surface area contributed by atoms with Gasteiger partial charge in [0.15, 0.2) is 0 Å². The first kappa shape index (κ1) is 20.9. The first-order valence-electron chi connectivity index (χ1n) is 10.9. The minimum atomic E-state index is -0.434. The quantitative estimate of drug-likeness (QED) is 0.766. The predicted octanol–water partition coefficient (Wildman–Crippen LogP) is 3.35. The number of aryl methyl sites for hydroxylation is 1. The average Bonchev–Trinajstić information content (AvgIpc) is 2.68. The highest BCUT2D eigenvalue weighted by atomic mass is 16.4. The molecular weight excluding hydrogens is 380 g/mol. The fourth-order valence-corrected chi connectivity index (χ4v) is 5.03. The highest BCUT2D eigenvalue weighted by Gasteiger charge is 2.35. The van der Waals surface area contributed by atoms with E-state index in [1.165, 1.54) is 5.56 Å². The zero-order valence-corrected chi connectivity index (χ0v) is 18.6. The maximum atomic E-state index is 12.8. The Kier molecular flexibility index (Phi) is 5.17. The number of carbonyl (C=O) groups excluding carboxylic acids is 1. The van der Waals surface area contributed by atoms with Gasteiger partial charge < -0.3 is 19.3 Å². The lowest BCUT2D eigenvalue weighted by atomic mass is 9.80. The van der Waals surface area contributed by atoms with E-state index in [4.69, 9.17) is 4.42 Å². The summed E-state index contributed by atoms with van der Waals surface area (Å²) >= 11 is 0. The summed E-state index contributed by atoms with van der Waals surface area (Å²) in [6.07, 6.45) is 1.93.